The van der Waals surface area contributed by atoms with E-state index in [0.29, 0.717) is 0 Å². The molecule has 5 aromatic heterocycles. The summed E-state index contributed by atoms with van der Waals surface area (Å²) in [6.45, 7) is 0. The van der Waals surface area contributed by atoms with E-state index in [0.717, 1.165) is 87.7 Å². The Morgan fingerprint density at radius 2 is 0.905 bits per heavy atom. The number of benzene rings is 4. The van der Waals surface area contributed by atoms with Crippen LogP contribution in [0, 0.1) is 0 Å². The molecule has 9 aromatic rings. The number of aromatic nitrogens is 5. The molecule has 5 heterocycles. The first-order chi connectivity index (χ1) is 20.8. The van der Waals surface area contributed by atoms with E-state index in [1.54, 1.807) is 0 Å². The van der Waals surface area contributed by atoms with E-state index < -0.39 is 0 Å². The topological polar surface area (TPSA) is 64.5 Å². The molecule has 194 valence electrons. The summed E-state index contributed by atoms with van der Waals surface area (Å²) < 4.78 is 0. The van der Waals surface area contributed by atoms with Crippen LogP contribution in [0.4, 0.5) is 0 Å². The molecule has 9 rings (SSSR count). The zero-order valence-corrected chi connectivity index (χ0v) is 22.4. The second-order valence-electron chi connectivity index (χ2n) is 10.5. The van der Waals surface area contributed by atoms with Gasteiger partial charge < -0.3 is 0 Å². The molecule has 0 N–H and O–H groups in total. The zero-order chi connectivity index (χ0) is 27.6. The van der Waals surface area contributed by atoms with E-state index >= 15 is 0 Å². The van der Waals surface area contributed by atoms with E-state index in [2.05, 4.69) is 78.9 Å². The van der Waals surface area contributed by atoms with Gasteiger partial charge in [-0.1, -0.05) is 72.8 Å². The molecule has 0 bridgehead atoms. The average Bonchev–Trinajstić information content (AvgIpc) is 3.06. The van der Waals surface area contributed by atoms with Gasteiger partial charge in [-0.2, -0.15) is 0 Å². The molecule has 0 aliphatic rings. The van der Waals surface area contributed by atoms with Crippen molar-refractivity contribution >= 4 is 65.4 Å². The van der Waals surface area contributed by atoms with E-state index in [4.69, 9.17) is 24.9 Å². The van der Waals surface area contributed by atoms with E-state index in [1.165, 1.54) is 0 Å². The Morgan fingerprint density at radius 3 is 1.43 bits per heavy atom. The van der Waals surface area contributed by atoms with Crippen LogP contribution < -0.4 is 0 Å². The summed E-state index contributed by atoms with van der Waals surface area (Å²) in [4.78, 5) is 24.4. The Balaban J connectivity index is 1.39. The predicted octanol–water partition coefficient (Wildman–Crippen LogP) is 8.91. The first-order valence-electron chi connectivity index (χ1n) is 13.9. The second-order valence-corrected chi connectivity index (χ2v) is 10.5. The van der Waals surface area contributed by atoms with Crippen molar-refractivity contribution in [2.45, 2.75) is 0 Å². The number of fused-ring (bicyclic) bond motifs is 8. The quantitative estimate of drug-likeness (QED) is 0.163. The standard InChI is InChI=1S/C37H21N5/c1-3-11-30-26(9-1)32(28-15-13-22-7-5-17-39-34(22)36(28)41-30)24-19-25(21-38-20-24)33-27-10-2-4-12-31(27)42-37-29(33)16-14-23-8-6-18-40-35(23)37/h1-21H. The minimum atomic E-state index is 0.893. The summed E-state index contributed by atoms with van der Waals surface area (Å²) in [6.07, 6.45) is 7.57. The highest BCUT2D eigenvalue weighted by molar-refractivity contribution is 6.18. The Hall–Kier alpha value is -5.81. The maximum Gasteiger partial charge on any atom is 0.0978 e. The van der Waals surface area contributed by atoms with Gasteiger partial charge >= 0.3 is 0 Å². The number of hydrogen-bond donors (Lipinski definition) is 0. The van der Waals surface area contributed by atoms with Crippen LogP contribution in [-0.4, -0.2) is 24.9 Å². The molecule has 0 spiro atoms. The van der Waals surface area contributed by atoms with Crippen LogP contribution in [0.25, 0.3) is 87.7 Å². The molecule has 4 aromatic carbocycles. The highest BCUT2D eigenvalue weighted by atomic mass is 14.8. The van der Waals surface area contributed by atoms with Gasteiger partial charge in [0, 0.05) is 79.4 Å². The Labute approximate surface area is 240 Å². The summed E-state index contributed by atoms with van der Waals surface area (Å²) in [7, 11) is 0. The third-order valence-corrected chi connectivity index (χ3v) is 8.16. The van der Waals surface area contributed by atoms with E-state index in [-0.39, 0.29) is 0 Å². The molecule has 42 heavy (non-hydrogen) atoms. The maximum atomic E-state index is 5.09. The highest BCUT2D eigenvalue weighted by Crippen LogP contribution is 2.41. The molecule has 0 radical (unpaired) electrons. The Bertz CT molecular complexity index is 2360. The van der Waals surface area contributed by atoms with Crippen LogP contribution in [0.1, 0.15) is 0 Å². The van der Waals surface area contributed by atoms with Gasteiger partial charge in [-0.15, -0.1) is 0 Å². The molecule has 0 amide bonds. The molecule has 0 saturated carbocycles. The highest BCUT2D eigenvalue weighted by Gasteiger charge is 2.18. The number of hydrogen-bond acceptors (Lipinski definition) is 5. The number of pyridine rings is 5. The normalized spacial score (nSPS) is 11.8. The minimum absolute atomic E-state index is 0.893. The maximum absolute atomic E-state index is 5.09. The number of para-hydroxylation sites is 2. The lowest BCUT2D eigenvalue weighted by Gasteiger charge is -2.15. The summed E-state index contributed by atoms with van der Waals surface area (Å²) in [5.41, 5.74) is 9.71. The van der Waals surface area contributed by atoms with E-state index in [9.17, 15) is 0 Å². The fraction of sp³-hybridized carbons (Fsp3) is 0. The third kappa shape index (κ3) is 3.34. The van der Waals surface area contributed by atoms with Gasteiger partial charge in [-0.25, -0.2) is 9.97 Å². The fourth-order valence-electron chi connectivity index (χ4n) is 6.32. The van der Waals surface area contributed by atoms with Gasteiger partial charge in [-0.3, -0.25) is 15.0 Å². The smallest absolute Gasteiger partial charge is 0.0978 e. The largest absolute Gasteiger partial charge is 0.263 e. The monoisotopic (exact) mass is 535 g/mol. The number of nitrogens with zero attached hydrogens (tertiary/aromatic N) is 5. The Kier molecular flexibility index (Phi) is 4.83. The van der Waals surface area contributed by atoms with Crippen molar-refractivity contribution in [3.8, 4) is 22.3 Å². The second kappa shape index (κ2) is 8.85. The lowest BCUT2D eigenvalue weighted by Crippen LogP contribution is -1.94. The lowest BCUT2D eigenvalue weighted by molar-refractivity contribution is 1.33. The van der Waals surface area contributed by atoms with Crippen molar-refractivity contribution in [2.75, 3.05) is 0 Å². The molecule has 0 saturated heterocycles. The minimum Gasteiger partial charge on any atom is -0.263 e. The van der Waals surface area contributed by atoms with Crippen LogP contribution in [0.15, 0.2) is 128 Å². The van der Waals surface area contributed by atoms with Crippen LogP contribution in [0.3, 0.4) is 0 Å². The van der Waals surface area contributed by atoms with Crippen LogP contribution in [-0.2, 0) is 0 Å². The number of rotatable bonds is 2. The van der Waals surface area contributed by atoms with Crippen molar-refractivity contribution < 1.29 is 0 Å². The van der Waals surface area contributed by atoms with Gasteiger partial charge in [0.25, 0.3) is 0 Å². The fourth-order valence-corrected chi connectivity index (χ4v) is 6.32. The third-order valence-electron chi connectivity index (χ3n) is 8.16. The molecule has 5 nitrogen and oxygen atoms in total. The van der Waals surface area contributed by atoms with Crippen LogP contribution >= 0.6 is 0 Å². The van der Waals surface area contributed by atoms with E-state index in [1.807, 2.05) is 49.1 Å². The molecule has 0 unspecified atom stereocenters. The van der Waals surface area contributed by atoms with Crippen molar-refractivity contribution in [1.29, 1.82) is 0 Å². The van der Waals surface area contributed by atoms with Gasteiger partial charge in [-0.05, 0) is 30.3 Å². The van der Waals surface area contributed by atoms with Crippen molar-refractivity contribution in [1.82, 2.24) is 24.9 Å². The molecule has 0 fully saturated rings. The molecule has 0 aliphatic heterocycles. The first-order valence-corrected chi connectivity index (χ1v) is 13.9. The van der Waals surface area contributed by atoms with Crippen molar-refractivity contribution in [3.05, 3.63) is 128 Å². The van der Waals surface area contributed by atoms with Crippen LogP contribution in [0.5, 0.6) is 0 Å². The average molecular weight is 536 g/mol. The molecular weight excluding hydrogens is 514 g/mol. The lowest BCUT2D eigenvalue weighted by atomic mass is 9.92. The molecule has 5 heteroatoms. The summed E-state index contributed by atoms with van der Waals surface area (Å²) in [6, 6.07) is 35.5. The van der Waals surface area contributed by atoms with Gasteiger partial charge in [0.05, 0.1) is 33.1 Å². The van der Waals surface area contributed by atoms with Gasteiger partial charge in [0.1, 0.15) is 0 Å². The summed E-state index contributed by atoms with van der Waals surface area (Å²) in [5.74, 6) is 0. The Morgan fingerprint density at radius 1 is 0.405 bits per heavy atom. The molecule has 0 aliphatic carbocycles. The molecular formula is C37H21N5. The van der Waals surface area contributed by atoms with Crippen molar-refractivity contribution in [3.63, 3.8) is 0 Å². The predicted molar refractivity (Wildman–Crippen MR) is 171 cm³/mol. The summed E-state index contributed by atoms with van der Waals surface area (Å²) in [5, 5.41) is 6.41. The summed E-state index contributed by atoms with van der Waals surface area (Å²) >= 11 is 0. The zero-order valence-electron chi connectivity index (χ0n) is 22.4. The SMILES string of the molecule is c1cnc2c(c1)ccc1c(-c3cncc(-c4c5ccccc5nc5c4ccc4cccnc45)c3)c3ccccc3nc12. The molecule has 0 atom stereocenters. The van der Waals surface area contributed by atoms with Gasteiger partial charge in [0.15, 0.2) is 0 Å². The van der Waals surface area contributed by atoms with Gasteiger partial charge in [0.2, 0.25) is 0 Å². The first kappa shape index (κ1) is 22.9. The van der Waals surface area contributed by atoms with Crippen molar-refractivity contribution in [2.24, 2.45) is 0 Å². The van der Waals surface area contributed by atoms with Crippen LogP contribution in [0.2, 0.25) is 0 Å².